The summed E-state index contributed by atoms with van der Waals surface area (Å²) in [5, 5.41) is 2.34. The van der Waals surface area contributed by atoms with Gasteiger partial charge in [-0.15, -0.1) is 0 Å². The van der Waals surface area contributed by atoms with Gasteiger partial charge in [0.05, 0.1) is 41.1 Å². The minimum atomic E-state index is -3.64. The lowest BCUT2D eigenvalue weighted by atomic mass is 9.83. The molecular weight excluding hydrogens is 552 g/mol. The third kappa shape index (κ3) is 7.35. The van der Waals surface area contributed by atoms with Crippen LogP contribution in [0.3, 0.4) is 0 Å². The number of nitrogens with one attached hydrogen (secondary N) is 2. The maximum Gasteiger partial charge on any atom is 0.269 e. The molecule has 9 nitrogen and oxygen atoms in total. The molecule has 1 saturated carbocycles. The second kappa shape index (κ2) is 12.1. The number of rotatable bonds is 11. The van der Waals surface area contributed by atoms with E-state index >= 15 is 0 Å². The zero-order valence-corrected chi connectivity index (χ0v) is 24.4. The number of nitrogens with zero attached hydrogens (tertiary/aromatic N) is 3. The van der Waals surface area contributed by atoms with E-state index in [0.717, 1.165) is 5.56 Å². The van der Waals surface area contributed by atoms with Gasteiger partial charge in [0.25, 0.3) is 5.92 Å². The first-order chi connectivity index (χ1) is 19.4. The number of aromatic nitrogens is 2. The van der Waals surface area contributed by atoms with Crippen molar-refractivity contribution in [2.45, 2.75) is 71.0 Å². The molecule has 41 heavy (non-hydrogen) atoms. The Hall–Kier alpha value is -3.67. The lowest BCUT2D eigenvalue weighted by Gasteiger charge is -2.28. The maximum atomic E-state index is 14.8. The SMILES string of the molecule is CCOc1cncc(-c2ccc(NC(=O)C(C)(C)C3=N/C(NS(=O)(=O)C4CC4)=C\CC/C(C(F)(F)CC)=C\3)cc2)n1. The summed E-state index contributed by atoms with van der Waals surface area (Å²) in [6.07, 6.45) is 6.75. The number of benzene rings is 1. The topological polar surface area (TPSA) is 123 Å². The Bertz CT molecular complexity index is 1480. The highest BCUT2D eigenvalue weighted by Crippen LogP contribution is 2.35. The van der Waals surface area contributed by atoms with E-state index in [1.807, 2.05) is 6.92 Å². The molecule has 2 aromatic rings. The predicted octanol–water partition coefficient (Wildman–Crippen LogP) is 5.64. The van der Waals surface area contributed by atoms with Crippen molar-refractivity contribution in [3.05, 3.63) is 60.2 Å². The number of carbonyl (C=O) groups excluding carboxylic acids is 1. The standard InChI is InChI=1S/C29H35F2N5O4S/c1-5-29(30,31)20-8-7-9-25(36-41(38,39)22-14-15-22)35-24(16-20)28(3,4)27(37)33-21-12-10-19(11-13-21)23-17-32-18-26(34-23)40-6-2/h9-13,16-18,22,36H,5-8,14-15H2,1-4H3,(H,33,37)/b20-16+,25-9+,35-24+. The average Bonchev–Trinajstić information content (AvgIpc) is 3.77. The van der Waals surface area contributed by atoms with Gasteiger partial charge in [-0.1, -0.05) is 19.1 Å². The van der Waals surface area contributed by atoms with Gasteiger partial charge in [0.2, 0.25) is 21.8 Å². The molecule has 2 heterocycles. The quantitative estimate of drug-likeness (QED) is 0.351. The van der Waals surface area contributed by atoms with Gasteiger partial charge in [0, 0.05) is 23.2 Å². The monoisotopic (exact) mass is 587 g/mol. The van der Waals surface area contributed by atoms with Gasteiger partial charge in [-0.3, -0.25) is 14.5 Å². The normalized spacial score (nSPS) is 20.3. The molecule has 1 aliphatic carbocycles. The van der Waals surface area contributed by atoms with Crippen molar-refractivity contribution in [3.63, 3.8) is 0 Å². The number of amides is 1. The molecule has 0 unspecified atom stereocenters. The van der Waals surface area contributed by atoms with Crippen LogP contribution in [0.15, 0.2) is 65.2 Å². The summed E-state index contributed by atoms with van der Waals surface area (Å²) in [5.41, 5.74) is 0.308. The van der Waals surface area contributed by atoms with Gasteiger partial charge in [-0.05, 0) is 70.7 Å². The Labute approximate surface area is 239 Å². The summed E-state index contributed by atoms with van der Waals surface area (Å²) in [4.78, 5) is 26.5. The van der Waals surface area contributed by atoms with E-state index < -0.39 is 38.9 Å². The number of sulfonamides is 1. The van der Waals surface area contributed by atoms with E-state index in [0.29, 0.717) is 36.7 Å². The van der Waals surface area contributed by atoms with E-state index in [9.17, 15) is 22.0 Å². The molecule has 0 bridgehead atoms. The Morgan fingerprint density at radius 3 is 2.46 bits per heavy atom. The first kappa shape index (κ1) is 30.3. The molecule has 0 radical (unpaired) electrons. The first-order valence-electron chi connectivity index (χ1n) is 13.6. The molecule has 1 aliphatic heterocycles. The fourth-order valence-corrected chi connectivity index (χ4v) is 5.49. The molecule has 0 saturated heterocycles. The van der Waals surface area contributed by atoms with Gasteiger partial charge >= 0.3 is 0 Å². The molecule has 12 heteroatoms. The average molecular weight is 588 g/mol. The number of hydrogen-bond acceptors (Lipinski definition) is 7. The molecule has 1 fully saturated rings. The second-order valence-electron chi connectivity index (χ2n) is 10.5. The fraction of sp³-hybridized carbons (Fsp3) is 0.448. The van der Waals surface area contributed by atoms with Crippen LogP contribution in [0.2, 0.25) is 0 Å². The van der Waals surface area contributed by atoms with Crippen molar-refractivity contribution >= 4 is 27.3 Å². The van der Waals surface area contributed by atoms with Gasteiger partial charge in [-0.2, -0.15) is 0 Å². The number of anilines is 1. The van der Waals surface area contributed by atoms with Crippen LogP contribution in [0, 0.1) is 5.41 Å². The summed E-state index contributed by atoms with van der Waals surface area (Å²) in [6, 6.07) is 6.92. The lowest BCUT2D eigenvalue weighted by Crippen LogP contribution is -2.39. The predicted molar refractivity (Wildman–Crippen MR) is 154 cm³/mol. The molecule has 1 aromatic carbocycles. The number of halogens is 2. The van der Waals surface area contributed by atoms with Crippen molar-refractivity contribution in [2.75, 3.05) is 11.9 Å². The third-order valence-corrected chi connectivity index (χ3v) is 8.82. The summed E-state index contributed by atoms with van der Waals surface area (Å²) in [7, 11) is -3.64. The molecule has 0 spiro atoms. The molecule has 1 aromatic heterocycles. The summed E-state index contributed by atoms with van der Waals surface area (Å²) < 4.78 is 62.7. The first-order valence-corrected chi connectivity index (χ1v) is 15.2. The van der Waals surface area contributed by atoms with Crippen LogP contribution < -0.4 is 14.8 Å². The highest BCUT2D eigenvalue weighted by molar-refractivity contribution is 7.90. The number of aliphatic imine (C=N–C) groups is 1. The van der Waals surface area contributed by atoms with Crippen LogP contribution >= 0.6 is 0 Å². The van der Waals surface area contributed by atoms with E-state index in [1.54, 1.807) is 44.3 Å². The molecule has 2 aliphatic rings. The summed E-state index contributed by atoms with van der Waals surface area (Å²) in [5.74, 6) is -3.16. The zero-order valence-electron chi connectivity index (χ0n) is 23.6. The number of ether oxygens (including phenoxy) is 1. The van der Waals surface area contributed by atoms with Crippen molar-refractivity contribution < 1.29 is 26.7 Å². The van der Waals surface area contributed by atoms with Crippen molar-refractivity contribution in [2.24, 2.45) is 10.4 Å². The Balaban J connectivity index is 1.60. The van der Waals surface area contributed by atoms with Crippen LogP contribution in [0.4, 0.5) is 14.5 Å². The van der Waals surface area contributed by atoms with Crippen molar-refractivity contribution in [3.8, 4) is 17.1 Å². The van der Waals surface area contributed by atoms with Crippen molar-refractivity contribution in [1.29, 1.82) is 0 Å². The van der Waals surface area contributed by atoms with Crippen LogP contribution in [0.25, 0.3) is 11.3 Å². The van der Waals surface area contributed by atoms with Crippen LogP contribution in [-0.2, 0) is 14.8 Å². The number of carbonyl (C=O) groups is 1. The second-order valence-corrected chi connectivity index (χ2v) is 12.5. The molecular formula is C29H35F2N5O4S. The van der Waals surface area contributed by atoms with E-state index in [2.05, 4.69) is 25.0 Å². The lowest BCUT2D eigenvalue weighted by molar-refractivity contribution is -0.121. The van der Waals surface area contributed by atoms with Crippen molar-refractivity contribution in [1.82, 2.24) is 14.7 Å². The largest absolute Gasteiger partial charge is 0.477 e. The Morgan fingerprint density at radius 2 is 1.83 bits per heavy atom. The fourth-order valence-electron chi connectivity index (χ4n) is 4.15. The Kier molecular flexibility index (Phi) is 8.91. The van der Waals surface area contributed by atoms with E-state index in [1.165, 1.54) is 25.3 Å². The van der Waals surface area contributed by atoms with E-state index in [-0.39, 0.29) is 29.9 Å². The zero-order chi connectivity index (χ0) is 29.8. The highest BCUT2D eigenvalue weighted by atomic mass is 32.2. The minimum absolute atomic E-state index is 0.00106. The van der Waals surface area contributed by atoms with Crippen LogP contribution in [0.5, 0.6) is 5.88 Å². The summed E-state index contributed by atoms with van der Waals surface area (Å²) in [6.45, 7) is 6.84. The van der Waals surface area contributed by atoms with Gasteiger partial charge in [-0.25, -0.2) is 27.2 Å². The smallest absolute Gasteiger partial charge is 0.269 e. The molecule has 0 atom stereocenters. The van der Waals surface area contributed by atoms with Crippen LogP contribution in [0.1, 0.15) is 59.8 Å². The Morgan fingerprint density at radius 1 is 1.12 bits per heavy atom. The van der Waals surface area contributed by atoms with Gasteiger partial charge in [0.15, 0.2) is 0 Å². The number of allylic oxidation sites excluding steroid dienone is 3. The minimum Gasteiger partial charge on any atom is -0.477 e. The third-order valence-electron chi connectivity index (χ3n) is 6.98. The van der Waals surface area contributed by atoms with Gasteiger partial charge in [0.1, 0.15) is 5.82 Å². The van der Waals surface area contributed by atoms with E-state index in [4.69, 9.17) is 4.74 Å². The maximum absolute atomic E-state index is 14.8. The molecule has 4 rings (SSSR count). The number of hydrogen-bond donors (Lipinski definition) is 2. The highest BCUT2D eigenvalue weighted by Gasteiger charge is 2.39. The molecule has 1 amide bonds. The molecule has 220 valence electrons. The van der Waals surface area contributed by atoms with Gasteiger partial charge < -0.3 is 10.1 Å². The molecule has 2 N–H and O–H groups in total. The number of alkyl halides is 2. The van der Waals surface area contributed by atoms with Crippen LogP contribution in [-0.4, -0.2) is 47.8 Å². The summed E-state index contributed by atoms with van der Waals surface area (Å²) >= 11 is 0.